The molecule has 1 saturated heterocycles. The fraction of sp³-hybridized carbons (Fsp3) is 0.533. The minimum atomic E-state index is -3.56. The summed E-state index contributed by atoms with van der Waals surface area (Å²) in [5.74, 6) is 0.0970. The highest BCUT2D eigenvalue weighted by molar-refractivity contribution is 9.10. The molecule has 0 aromatic heterocycles. The van der Waals surface area contributed by atoms with E-state index in [2.05, 4.69) is 20.7 Å². The van der Waals surface area contributed by atoms with Crippen LogP contribution in [0.5, 0.6) is 0 Å². The number of likely N-dealkylation sites (tertiary alicyclic amines) is 1. The molecule has 23 heavy (non-hydrogen) atoms. The van der Waals surface area contributed by atoms with Crippen molar-refractivity contribution in [3.05, 3.63) is 28.7 Å². The minimum Gasteiger partial charge on any atom is -0.444 e. The lowest BCUT2D eigenvalue weighted by Gasteiger charge is -2.39. The van der Waals surface area contributed by atoms with Crippen molar-refractivity contribution < 1.29 is 17.9 Å². The Kier molecular flexibility index (Phi) is 5.37. The smallest absolute Gasteiger partial charge is 0.410 e. The molecule has 1 fully saturated rings. The highest BCUT2D eigenvalue weighted by atomic mass is 79.9. The van der Waals surface area contributed by atoms with E-state index in [0.29, 0.717) is 24.1 Å². The zero-order chi connectivity index (χ0) is 17.3. The maximum absolute atomic E-state index is 12.3. The minimum absolute atomic E-state index is 0.0970. The van der Waals surface area contributed by atoms with Gasteiger partial charge in [0.05, 0.1) is 4.90 Å². The third-order valence-electron chi connectivity index (χ3n) is 3.30. The SMILES string of the molecule is CC(C)(C)OC(=O)N1CC(CNS(=O)(=O)c2ccccc2Br)C1. The second kappa shape index (κ2) is 6.78. The molecule has 0 aliphatic carbocycles. The van der Waals surface area contributed by atoms with Crippen LogP contribution < -0.4 is 4.72 Å². The van der Waals surface area contributed by atoms with Gasteiger partial charge in [-0.05, 0) is 48.8 Å². The zero-order valence-corrected chi connectivity index (χ0v) is 15.8. The molecule has 0 atom stereocenters. The Morgan fingerprint density at radius 3 is 2.52 bits per heavy atom. The van der Waals surface area contributed by atoms with E-state index in [1.165, 1.54) is 0 Å². The van der Waals surface area contributed by atoms with Gasteiger partial charge in [-0.15, -0.1) is 0 Å². The number of nitrogens with zero attached hydrogens (tertiary/aromatic N) is 1. The molecule has 1 N–H and O–H groups in total. The number of hydrogen-bond donors (Lipinski definition) is 1. The summed E-state index contributed by atoms with van der Waals surface area (Å²) < 4.78 is 32.9. The molecule has 6 nitrogen and oxygen atoms in total. The van der Waals surface area contributed by atoms with Gasteiger partial charge in [0.1, 0.15) is 5.60 Å². The summed E-state index contributed by atoms with van der Waals surface area (Å²) in [5.41, 5.74) is -0.524. The lowest BCUT2D eigenvalue weighted by atomic mass is 10.0. The summed E-state index contributed by atoms with van der Waals surface area (Å²) in [6, 6.07) is 6.66. The monoisotopic (exact) mass is 404 g/mol. The molecule has 2 rings (SSSR count). The van der Waals surface area contributed by atoms with Crippen molar-refractivity contribution in [3.8, 4) is 0 Å². The first kappa shape index (κ1) is 18.2. The van der Waals surface area contributed by atoms with Crippen molar-refractivity contribution in [1.29, 1.82) is 0 Å². The predicted molar refractivity (Wildman–Crippen MR) is 90.6 cm³/mol. The van der Waals surface area contributed by atoms with E-state index in [9.17, 15) is 13.2 Å². The van der Waals surface area contributed by atoms with E-state index in [0.717, 1.165) is 0 Å². The molecule has 1 amide bonds. The van der Waals surface area contributed by atoms with Crippen LogP contribution in [-0.2, 0) is 14.8 Å². The molecule has 1 heterocycles. The summed E-state index contributed by atoms with van der Waals surface area (Å²) in [6.07, 6.45) is -0.359. The van der Waals surface area contributed by atoms with Gasteiger partial charge in [-0.3, -0.25) is 0 Å². The summed E-state index contributed by atoms with van der Waals surface area (Å²) in [5, 5.41) is 0. The number of nitrogens with one attached hydrogen (secondary N) is 1. The zero-order valence-electron chi connectivity index (χ0n) is 13.4. The van der Waals surface area contributed by atoms with Crippen molar-refractivity contribution in [2.24, 2.45) is 5.92 Å². The summed E-state index contributed by atoms with van der Waals surface area (Å²) in [6.45, 7) is 6.72. The number of hydrogen-bond acceptors (Lipinski definition) is 4. The van der Waals surface area contributed by atoms with Crippen molar-refractivity contribution in [1.82, 2.24) is 9.62 Å². The van der Waals surface area contributed by atoms with Crippen LogP contribution >= 0.6 is 15.9 Å². The normalized spacial score (nSPS) is 16.1. The Hall–Kier alpha value is -1.12. The van der Waals surface area contributed by atoms with Gasteiger partial charge in [-0.25, -0.2) is 17.9 Å². The number of ether oxygens (including phenoxy) is 1. The average Bonchev–Trinajstić information content (AvgIpc) is 2.34. The van der Waals surface area contributed by atoms with Crippen molar-refractivity contribution in [2.75, 3.05) is 19.6 Å². The van der Waals surface area contributed by atoms with E-state index in [4.69, 9.17) is 4.74 Å². The van der Waals surface area contributed by atoms with E-state index < -0.39 is 15.6 Å². The fourth-order valence-corrected chi connectivity index (χ4v) is 4.26. The van der Waals surface area contributed by atoms with E-state index in [1.807, 2.05) is 20.8 Å². The largest absolute Gasteiger partial charge is 0.444 e. The Bertz CT molecular complexity index is 679. The third kappa shape index (κ3) is 4.92. The molecule has 0 radical (unpaired) electrons. The molecule has 1 aliphatic rings. The molecular formula is C15H21BrN2O4S. The van der Waals surface area contributed by atoms with Gasteiger partial charge in [0.25, 0.3) is 0 Å². The van der Waals surface area contributed by atoms with E-state index in [1.54, 1.807) is 29.2 Å². The molecular weight excluding hydrogens is 384 g/mol. The molecule has 1 aromatic rings. The van der Waals surface area contributed by atoms with Gasteiger partial charge in [0, 0.05) is 30.0 Å². The standard InChI is InChI=1S/C15H21BrN2O4S/c1-15(2,3)22-14(19)18-9-11(10-18)8-17-23(20,21)13-7-5-4-6-12(13)16/h4-7,11,17H,8-10H2,1-3H3. The molecule has 1 aromatic carbocycles. The quantitative estimate of drug-likeness (QED) is 0.836. The molecule has 8 heteroatoms. The van der Waals surface area contributed by atoms with Crippen molar-refractivity contribution in [2.45, 2.75) is 31.3 Å². The van der Waals surface area contributed by atoms with Gasteiger partial charge in [-0.2, -0.15) is 0 Å². The second-order valence-corrected chi connectivity index (χ2v) is 9.12. The van der Waals surface area contributed by atoms with Gasteiger partial charge in [0.2, 0.25) is 10.0 Å². The van der Waals surface area contributed by atoms with Crippen LogP contribution in [-0.4, -0.2) is 44.6 Å². The maximum atomic E-state index is 12.3. The van der Waals surface area contributed by atoms with Crippen molar-refractivity contribution in [3.63, 3.8) is 0 Å². The Morgan fingerprint density at radius 2 is 1.96 bits per heavy atom. The fourth-order valence-electron chi connectivity index (χ4n) is 2.14. The van der Waals surface area contributed by atoms with E-state index in [-0.39, 0.29) is 16.9 Å². The Balaban J connectivity index is 1.83. The highest BCUT2D eigenvalue weighted by Gasteiger charge is 2.34. The van der Waals surface area contributed by atoms with Crippen LogP contribution in [0.2, 0.25) is 0 Å². The molecule has 0 unspecified atom stereocenters. The Labute approximate surface area is 145 Å². The molecule has 0 spiro atoms. The van der Waals surface area contributed by atoms with Gasteiger partial charge in [0.15, 0.2) is 0 Å². The highest BCUT2D eigenvalue weighted by Crippen LogP contribution is 2.22. The number of benzene rings is 1. The number of halogens is 1. The van der Waals surface area contributed by atoms with E-state index >= 15 is 0 Å². The van der Waals surface area contributed by atoms with Crippen LogP contribution in [0.4, 0.5) is 4.79 Å². The maximum Gasteiger partial charge on any atom is 0.410 e. The van der Waals surface area contributed by atoms with Crippen molar-refractivity contribution >= 4 is 32.0 Å². The van der Waals surface area contributed by atoms with Crippen LogP contribution in [0.3, 0.4) is 0 Å². The number of rotatable bonds is 4. The van der Waals surface area contributed by atoms with Crippen LogP contribution in [0.25, 0.3) is 0 Å². The number of carbonyl (C=O) groups is 1. The third-order valence-corrected chi connectivity index (χ3v) is 5.73. The number of carbonyl (C=O) groups excluding carboxylic acids is 1. The van der Waals surface area contributed by atoms with Crippen LogP contribution in [0.1, 0.15) is 20.8 Å². The summed E-state index contributed by atoms with van der Waals surface area (Å²) in [4.78, 5) is 13.6. The van der Waals surface area contributed by atoms with Gasteiger partial charge >= 0.3 is 6.09 Å². The molecule has 0 bridgehead atoms. The summed E-state index contributed by atoms with van der Waals surface area (Å²) in [7, 11) is -3.56. The first-order valence-electron chi connectivity index (χ1n) is 7.30. The van der Waals surface area contributed by atoms with Crippen LogP contribution in [0.15, 0.2) is 33.6 Å². The Morgan fingerprint density at radius 1 is 1.35 bits per heavy atom. The predicted octanol–water partition coefficient (Wildman–Crippen LogP) is 2.59. The lowest BCUT2D eigenvalue weighted by Crippen LogP contribution is -2.54. The molecule has 0 saturated carbocycles. The number of sulfonamides is 1. The van der Waals surface area contributed by atoms with Crippen LogP contribution in [0, 0.1) is 5.92 Å². The molecule has 128 valence electrons. The topological polar surface area (TPSA) is 75.7 Å². The average molecular weight is 405 g/mol. The first-order valence-corrected chi connectivity index (χ1v) is 9.58. The van der Waals surface area contributed by atoms with Gasteiger partial charge < -0.3 is 9.64 Å². The van der Waals surface area contributed by atoms with Gasteiger partial charge in [-0.1, -0.05) is 12.1 Å². The molecule has 1 aliphatic heterocycles. The number of amides is 1. The first-order chi connectivity index (χ1) is 10.6. The summed E-state index contributed by atoms with van der Waals surface area (Å²) >= 11 is 3.24. The lowest BCUT2D eigenvalue weighted by molar-refractivity contribution is -0.0000765. The second-order valence-electron chi connectivity index (χ2n) is 6.53.